The molecule has 0 aromatic carbocycles. The molecule has 0 heterocycles. The van der Waals surface area contributed by atoms with Gasteiger partial charge in [0.25, 0.3) is 0 Å². The molecule has 0 amide bonds. The van der Waals surface area contributed by atoms with Crippen LogP contribution in [0, 0.1) is 10.8 Å². The molecule has 2 aliphatic rings. The van der Waals surface area contributed by atoms with E-state index in [1.54, 1.807) is 32.1 Å². The molecule has 0 radical (unpaired) electrons. The molecular weight excluding hydrogens is 296 g/mol. The van der Waals surface area contributed by atoms with Crippen molar-refractivity contribution in [2.24, 2.45) is 10.8 Å². The van der Waals surface area contributed by atoms with Crippen LogP contribution in [0.1, 0.15) is 20.3 Å². The van der Waals surface area contributed by atoms with Gasteiger partial charge in [0.15, 0.2) is 11.2 Å². The van der Waals surface area contributed by atoms with E-state index in [-0.39, 0.29) is 12.2 Å². The first-order valence-corrected chi connectivity index (χ1v) is 7.21. The first-order valence-electron chi connectivity index (χ1n) is 7.21. The van der Waals surface area contributed by atoms with E-state index in [1.807, 2.05) is 0 Å². The molecule has 0 bridgehead atoms. The second-order valence-corrected chi connectivity index (χ2v) is 6.01. The first-order chi connectivity index (χ1) is 10.7. The Kier molecular flexibility index (Phi) is 4.16. The molecule has 0 saturated carbocycles. The lowest BCUT2D eigenvalue weighted by Gasteiger charge is -2.41. The maximum atomic E-state index is 12.3. The lowest BCUT2D eigenvalue weighted by atomic mass is 9.61. The molecular formula is C18H20O5. The zero-order valence-electron chi connectivity index (χ0n) is 13.8. The largest absolute Gasteiger partial charge is 0.468 e. The van der Waals surface area contributed by atoms with E-state index in [9.17, 15) is 14.4 Å². The van der Waals surface area contributed by atoms with Crippen molar-refractivity contribution in [1.29, 1.82) is 0 Å². The zero-order valence-corrected chi connectivity index (χ0v) is 13.8. The van der Waals surface area contributed by atoms with Crippen molar-refractivity contribution in [3.8, 4) is 0 Å². The van der Waals surface area contributed by atoms with Crippen LogP contribution in [0.3, 0.4) is 0 Å². The highest BCUT2D eigenvalue weighted by molar-refractivity contribution is 6.09. The van der Waals surface area contributed by atoms with Gasteiger partial charge in [-0.3, -0.25) is 14.4 Å². The predicted octanol–water partition coefficient (Wildman–Crippen LogP) is 2.30. The average molecular weight is 316 g/mol. The van der Waals surface area contributed by atoms with Crippen LogP contribution in [-0.4, -0.2) is 31.9 Å². The molecule has 0 saturated heterocycles. The van der Waals surface area contributed by atoms with Crippen LogP contribution in [0.2, 0.25) is 0 Å². The van der Waals surface area contributed by atoms with Gasteiger partial charge in [-0.25, -0.2) is 0 Å². The number of rotatable bonds is 2. The SMILES string of the molecule is C=C1C=CC(C(=O)OC)(C(=O)OC)CC12C=C(C)C(=O)C(C)=C2. The van der Waals surface area contributed by atoms with Crippen molar-refractivity contribution in [2.75, 3.05) is 14.2 Å². The normalized spacial score (nSPS) is 21.6. The maximum Gasteiger partial charge on any atom is 0.327 e. The third-order valence-electron chi connectivity index (χ3n) is 4.50. The van der Waals surface area contributed by atoms with Crippen LogP contribution < -0.4 is 0 Å². The average Bonchev–Trinajstić information content (AvgIpc) is 2.53. The molecule has 0 N–H and O–H groups in total. The number of Topliss-reactive ketones (excluding diaryl/α,β-unsaturated/α-hetero) is 1. The van der Waals surface area contributed by atoms with Crippen molar-refractivity contribution >= 4 is 17.7 Å². The van der Waals surface area contributed by atoms with Crippen molar-refractivity contribution in [1.82, 2.24) is 0 Å². The second-order valence-electron chi connectivity index (χ2n) is 6.01. The van der Waals surface area contributed by atoms with Gasteiger partial charge in [0.2, 0.25) is 0 Å². The Morgan fingerprint density at radius 1 is 1.09 bits per heavy atom. The summed E-state index contributed by atoms with van der Waals surface area (Å²) in [5.41, 5.74) is -0.528. The number of carbonyl (C=O) groups excluding carboxylic acids is 3. The Balaban J connectivity index is 2.64. The molecule has 1 spiro atoms. The summed E-state index contributed by atoms with van der Waals surface area (Å²) in [4.78, 5) is 36.7. The van der Waals surface area contributed by atoms with Gasteiger partial charge in [0.1, 0.15) is 0 Å². The summed E-state index contributed by atoms with van der Waals surface area (Å²) in [6.45, 7) is 7.45. The Hall–Kier alpha value is -2.43. The summed E-state index contributed by atoms with van der Waals surface area (Å²) in [7, 11) is 2.45. The van der Waals surface area contributed by atoms with Gasteiger partial charge in [0.05, 0.1) is 14.2 Å². The van der Waals surface area contributed by atoms with Crippen LogP contribution in [0.25, 0.3) is 0 Å². The standard InChI is InChI=1S/C18H20O5/c1-11-8-17(9-12(2)14(11)19)10-18(15(20)22-4,16(21)23-5)7-6-13(17)3/h6-9H,3,10H2,1-2,4-5H3. The molecule has 5 heteroatoms. The number of methoxy groups -OCH3 is 2. The number of allylic oxidation sites excluding steroid dienone is 6. The molecule has 0 aromatic rings. The van der Waals surface area contributed by atoms with E-state index >= 15 is 0 Å². The number of ketones is 1. The van der Waals surface area contributed by atoms with E-state index in [1.165, 1.54) is 20.3 Å². The molecule has 0 aromatic heterocycles. The van der Waals surface area contributed by atoms with Gasteiger partial charge >= 0.3 is 11.9 Å². The van der Waals surface area contributed by atoms with Crippen molar-refractivity contribution in [2.45, 2.75) is 20.3 Å². The van der Waals surface area contributed by atoms with Gasteiger partial charge in [-0.05, 0) is 37.0 Å². The van der Waals surface area contributed by atoms with E-state index in [0.29, 0.717) is 16.7 Å². The monoisotopic (exact) mass is 316 g/mol. The van der Waals surface area contributed by atoms with Gasteiger partial charge < -0.3 is 9.47 Å². The third-order valence-corrected chi connectivity index (χ3v) is 4.50. The fourth-order valence-electron chi connectivity index (χ4n) is 3.30. The minimum absolute atomic E-state index is 0.0558. The molecule has 2 rings (SSSR count). The summed E-state index contributed by atoms with van der Waals surface area (Å²) in [6.07, 6.45) is 6.70. The van der Waals surface area contributed by atoms with Crippen LogP contribution in [0.4, 0.5) is 0 Å². The van der Waals surface area contributed by atoms with E-state index in [4.69, 9.17) is 9.47 Å². The minimum Gasteiger partial charge on any atom is -0.468 e. The molecule has 0 unspecified atom stereocenters. The summed E-state index contributed by atoms with van der Waals surface area (Å²) in [6, 6.07) is 0. The van der Waals surface area contributed by atoms with Crippen LogP contribution in [0.15, 0.2) is 47.6 Å². The summed E-state index contributed by atoms with van der Waals surface area (Å²) in [5, 5.41) is 0. The predicted molar refractivity (Wildman–Crippen MR) is 84.3 cm³/mol. The molecule has 0 atom stereocenters. The number of esters is 2. The number of ether oxygens (including phenoxy) is 2. The van der Waals surface area contributed by atoms with Gasteiger partial charge in [-0.1, -0.05) is 30.9 Å². The maximum absolute atomic E-state index is 12.3. The summed E-state index contributed by atoms with van der Waals surface area (Å²) in [5.74, 6) is -1.44. The fraction of sp³-hybridized carbons (Fsp3) is 0.389. The molecule has 0 aliphatic heterocycles. The fourth-order valence-corrected chi connectivity index (χ4v) is 3.30. The molecule has 0 fully saturated rings. The van der Waals surface area contributed by atoms with E-state index in [2.05, 4.69) is 6.58 Å². The van der Waals surface area contributed by atoms with Crippen molar-refractivity contribution in [3.05, 3.63) is 47.6 Å². The quantitative estimate of drug-likeness (QED) is 0.577. The first kappa shape index (κ1) is 16.9. The number of hydrogen-bond acceptors (Lipinski definition) is 5. The molecule has 5 nitrogen and oxygen atoms in total. The van der Waals surface area contributed by atoms with Gasteiger partial charge in [-0.2, -0.15) is 0 Å². The summed E-state index contributed by atoms with van der Waals surface area (Å²) < 4.78 is 9.66. The molecule has 122 valence electrons. The lowest BCUT2D eigenvalue weighted by molar-refractivity contribution is -0.166. The van der Waals surface area contributed by atoms with Gasteiger partial charge in [-0.15, -0.1) is 0 Å². The summed E-state index contributed by atoms with van der Waals surface area (Å²) >= 11 is 0. The Morgan fingerprint density at radius 3 is 2.00 bits per heavy atom. The smallest absolute Gasteiger partial charge is 0.327 e. The topological polar surface area (TPSA) is 69.7 Å². The third kappa shape index (κ3) is 2.46. The van der Waals surface area contributed by atoms with Crippen LogP contribution >= 0.6 is 0 Å². The lowest BCUT2D eigenvalue weighted by Crippen LogP contribution is -2.46. The minimum atomic E-state index is -1.56. The van der Waals surface area contributed by atoms with Crippen LogP contribution in [0.5, 0.6) is 0 Å². The highest BCUT2D eigenvalue weighted by Crippen LogP contribution is 2.50. The molecule has 23 heavy (non-hydrogen) atoms. The van der Waals surface area contributed by atoms with Crippen molar-refractivity contribution < 1.29 is 23.9 Å². The molecule has 2 aliphatic carbocycles. The van der Waals surface area contributed by atoms with Crippen molar-refractivity contribution in [3.63, 3.8) is 0 Å². The van der Waals surface area contributed by atoms with E-state index in [0.717, 1.165) is 0 Å². The highest BCUT2D eigenvalue weighted by atomic mass is 16.5. The second kappa shape index (κ2) is 5.65. The van der Waals surface area contributed by atoms with Gasteiger partial charge in [0, 0.05) is 5.41 Å². The Bertz CT molecular complexity index is 652. The number of hydrogen-bond donors (Lipinski definition) is 0. The van der Waals surface area contributed by atoms with Crippen LogP contribution in [-0.2, 0) is 23.9 Å². The number of carbonyl (C=O) groups is 3. The Labute approximate surface area is 135 Å². The Morgan fingerprint density at radius 2 is 1.57 bits per heavy atom. The zero-order chi connectivity index (χ0) is 17.4. The van der Waals surface area contributed by atoms with E-state index < -0.39 is 22.8 Å². The highest BCUT2D eigenvalue weighted by Gasteiger charge is 2.54.